The van der Waals surface area contributed by atoms with Crippen LogP contribution in [0.2, 0.25) is 5.15 Å². The first-order chi connectivity index (χ1) is 8.13. The molecule has 3 nitrogen and oxygen atoms in total. The first-order valence-electron chi connectivity index (χ1n) is 5.28. The maximum absolute atomic E-state index is 8.70. The number of nitriles is 1. The summed E-state index contributed by atoms with van der Waals surface area (Å²) in [4.78, 5) is 4.42. The fourth-order valence-corrected chi connectivity index (χ4v) is 1.95. The van der Waals surface area contributed by atoms with Crippen molar-refractivity contribution in [2.45, 2.75) is 13.3 Å². The van der Waals surface area contributed by atoms with Gasteiger partial charge in [0.25, 0.3) is 0 Å². The molecular weight excluding hydrogens is 234 g/mol. The summed E-state index contributed by atoms with van der Waals surface area (Å²) < 4.78 is 1.81. The van der Waals surface area contributed by atoms with Gasteiger partial charge in [0.05, 0.1) is 18.2 Å². The van der Waals surface area contributed by atoms with Gasteiger partial charge in [0.1, 0.15) is 11.0 Å². The molecule has 0 aliphatic carbocycles. The van der Waals surface area contributed by atoms with Crippen LogP contribution in [0.5, 0.6) is 0 Å². The van der Waals surface area contributed by atoms with Gasteiger partial charge in [0.2, 0.25) is 0 Å². The summed E-state index contributed by atoms with van der Waals surface area (Å²) in [5, 5.41) is 9.23. The van der Waals surface area contributed by atoms with Crippen LogP contribution >= 0.6 is 11.6 Å². The molecule has 0 unspecified atom stereocenters. The first-order valence-corrected chi connectivity index (χ1v) is 5.66. The lowest BCUT2D eigenvalue weighted by Crippen LogP contribution is -1.92. The standard InChI is InChI=1S/C13H12ClN3/c1-9-4-3-5-10(8-9)13-16-11(6-7-15)12(14)17(13)2/h3-5,8H,6H2,1-2H3. The van der Waals surface area contributed by atoms with Gasteiger partial charge < -0.3 is 4.57 Å². The number of hydrogen-bond donors (Lipinski definition) is 0. The van der Waals surface area contributed by atoms with Crippen molar-refractivity contribution >= 4 is 11.6 Å². The Hall–Kier alpha value is -1.79. The molecule has 0 aliphatic rings. The first kappa shape index (κ1) is 11.7. The third kappa shape index (κ3) is 2.17. The number of benzene rings is 1. The molecular formula is C13H12ClN3. The molecule has 1 aromatic carbocycles. The van der Waals surface area contributed by atoms with Crippen LogP contribution in [0, 0.1) is 18.3 Å². The minimum absolute atomic E-state index is 0.235. The van der Waals surface area contributed by atoms with E-state index in [0.717, 1.165) is 11.4 Å². The van der Waals surface area contributed by atoms with Crippen molar-refractivity contribution in [1.29, 1.82) is 5.26 Å². The second-order valence-electron chi connectivity index (χ2n) is 3.94. The highest BCUT2D eigenvalue weighted by Crippen LogP contribution is 2.25. The minimum atomic E-state index is 0.235. The van der Waals surface area contributed by atoms with Gasteiger partial charge in [-0.3, -0.25) is 0 Å². The summed E-state index contributed by atoms with van der Waals surface area (Å²) in [6, 6.07) is 10.1. The molecule has 0 atom stereocenters. The molecule has 0 aliphatic heterocycles. The van der Waals surface area contributed by atoms with Gasteiger partial charge in [-0.05, 0) is 13.0 Å². The van der Waals surface area contributed by atoms with Crippen LogP contribution in [0.25, 0.3) is 11.4 Å². The molecule has 0 spiro atoms. The van der Waals surface area contributed by atoms with E-state index in [-0.39, 0.29) is 6.42 Å². The Kier molecular flexibility index (Phi) is 3.16. The Morgan fingerprint density at radius 1 is 1.47 bits per heavy atom. The van der Waals surface area contributed by atoms with Crippen LogP contribution in [0.1, 0.15) is 11.3 Å². The minimum Gasteiger partial charge on any atom is -0.318 e. The highest BCUT2D eigenvalue weighted by Gasteiger charge is 2.13. The van der Waals surface area contributed by atoms with E-state index in [4.69, 9.17) is 16.9 Å². The lowest BCUT2D eigenvalue weighted by Gasteiger charge is -2.03. The van der Waals surface area contributed by atoms with E-state index >= 15 is 0 Å². The molecule has 0 bridgehead atoms. The lowest BCUT2D eigenvalue weighted by molar-refractivity contribution is 0.924. The van der Waals surface area contributed by atoms with E-state index in [1.54, 1.807) is 0 Å². The molecule has 17 heavy (non-hydrogen) atoms. The van der Waals surface area contributed by atoms with Crippen LogP contribution < -0.4 is 0 Å². The zero-order valence-electron chi connectivity index (χ0n) is 9.74. The molecule has 0 radical (unpaired) electrons. The molecule has 1 heterocycles. The number of hydrogen-bond acceptors (Lipinski definition) is 2. The summed E-state index contributed by atoms with van der Waals surface area (Å²) >= 11 is 6.13. The van der Waals surface area contributed by atoms with E-state index < -0.39 is 0 Å². The Bertz CT molecular complexity index is 593. The van der Waals surface area contributed by atoms with Crippen molar-refractivity contribution in [1.82, 2.24) is 9.55 Å². The van der Waals surface area contributed by atoms with Gasteiger partial charge in [-0.25, -0.2) is 4.98 Å². The van der Waals surface area contributed by atoms with Crippen LogP contribution in [-0.2, 0) is 13.5 Å². The Balaban J connectivity index is 2.53. The summed E-state index contributed by atoms with van der Waals surface area (Å²) in [6.07, 6.45) is 0.235. The maximum Gasteiger partial charge on any atom is 0.141 e. The molecule has 0 fully saturated rings. The predicted molar refractivity (Wildman–Crippen MR) is 67.7 cm³/mol. The number of nitrogens with zero attached hydrogens (tertiary/aromatic N) is 3. The smallest absolute Gasteiger partial charge is 0.141 e. The van der Waals surface area contributed by atoms with E-state index in [1.165, 1.54) is 5.56 Å². The number of aryl methyl sites for hydroxylation is 1. The predicted octanol–water partition coefficient (Wildman–Crippen LogP) is 3.12. The zero-order valence-corrected chi connectivity index (χ0v) is 10.5. The van der Waals surface area contributed by atoms with Gasteiger partial charge in [-0.15, -0.1) is 0 Å². The second kappa shape index (κ2) is 4.60. The van der Waals surface area contributed by atoms with Crippen LogP contribution in [0.4, 0.5) is 0 Å². The van der Waals surface area contributed by atoms with Crippen molar-refractivity contribution in [2.24, 2.45) is 7.05 Å². The summed E-state index contributed by atoms with van der Waals surface area (Å²) in [5.74, 6) is 0.795. The van der Waals surface area contributed by atoms with Crippen LogP contribution in [0.15, 0.2) is 24.3 Å². The fraction of sp³-hybridized carbons (Fsp3) is 0.231. The molecule has 2 aromatic rings. The van der Waals surface area contributed by atoms with Gasteiger partial charge in [0.15, 0.2) is 0 Å². The largest absolute Gasteiger partial charge is 0.318 e. The van der Waals surface area contributed by atoms with E-state index in [9.17, 15) is 0 Å². The van der Waals surface area contributed by atoms with Crippen LogP contribution in [-0.4, -0.2) is 9.55 Å². The highest BCUT2D eigenvalue weighted by molar-refractivity contribution is 6.30. The molecule has 0 saturated heterocycles. The maximum atomic E-state index is 8.70. The van der Waals surface area contributed by atoms with Crippen molar-refractivity contribution in [3.8, 4) is 17.5 Å². The van der Waals surface area contributed by atoms with Crippen molar-refractivity contribution in [2.75, 3.05) is 0 Å². The van der Waals surface area contributed by atoms with E-state index in [0.29, 0.717) is 10.8 Å². The average molecular weight is 246 g/mol. The van der Waals surface area contributed by atoms with Crippen molar-refractivity contribution < 1.29 is 0 Å². The number of aromatic nitrogens is 2. The van der Waals surface area contributed by atoms with E-state index in [2.05, 4.69) is 17.1 Å². The highest BCUT2D eigenvalue weighted by atomic mass is 35.5. The average Bonchev–Trinajstić information content (AvgIpc) is 2.58. The third-order valence-electron chi connectivity index (χ3n) is 2.61. The summed E-state index contributed by atoms with van der Waals surface area (Å²) in [7, 11) is 1.86. The fourth-order valence-electron chi connectivity index (χ4n) is 1.77. The monoisotopic (exact) mass is 245 g/mol. The van der Waals surface area contributed by atoms with Gasteiger partial charge in [0, 0.05) is 12.6 Å². The van der Waals surface area contributed by atoms with Crippen molar-refractivity contribution in [3.63, 3.8) is 0 Å². The van der Waals surface area contributed by atoms with Crippen molar-refractivity contribution in [3.05, 3.63) is 40.7 Å². The molecule has 1 aromatic heterocycles. The quantitative estimate of drug-likeness (QED) is 0.816. The molecule has 0 N–H and O–H groups in total. The number of rotatable bonds is 2. The van der Waals surface area contributed by atoms with E-state index in [1.807, 2.05) is 36.7 Å². The molecule has 2 rings (SSSR count). The zero-order chi connectivity index (χ0) is 12.4. The van der Waals surface area contributed by atoms with Crippen LogP contribution in [0.3, 0.4) is 0 Å². The number of imidazole rings is 1. The van der Waals surface area contributed by atoms with Gasteiger partial charge in [-0.1, -0.05) is 35.4 Å². The molecule has 86 valence electrons. The Morgan fingerprint density at radius 2 is 2.24 bits per heavy atom. The normalized spacial score (nSPS) is 10.2. The number of halogens is 1. The van der Waals surface area contributed by atoms with Gasteiger partial charge >= 0.3 is 0 Å². The lowest BCUT2D eigenvalue weighted by atomic mass is 10.1. The third-order valence-corrected chi connectivity index (χ3v) is 3.09. The SMILES string of the molecule is Cc1cccc(-c2nc(CC#N)c(Cl)n2C)c1. The molecule has 0 saturated carbocycles. The Labute approximate surface area is 105 Å². The topological polar surface area (TPSA) is 41.6 Å². The Morgan fingerprint density at radius 3 is 2.88 bits per heavy atom. The summed E-state index contributed by atoms with van der Waals surface area (Å²) in [6.45, 7) is 2.03. The van der Waals surface area contributed by atoms with Gasteiger partial charge in [-0.2, -0.15) is 5.26 Å². The molecule has 0 amide bonds. The summed E-state index contributed by atoms with van der Waals surface area (Å²) in [5.41, 5.74) is 2.82. The second-order valence-corrected chi connectivity index (χ2v) is 4.29. The molecule has 4 heteroatoms.